The number of hydrogen-bond acceptors (Lipinski definition) is 3. The van der Waals surface area contributed by atoms with Crippen LogP contribution in [-0.4, -0.2) is 15.0 Å². The number of H-pyrrole nitrogens is 1. The van der Waals surface area contributed by atoms with Crippen molar-refractivity contribution in [3.63, 3.8) is 0 Å². The predicted molar refractivity (Wildman–Crippen MR) is 66.9 cm³/mol. The molecule has 0 radical (unpaired) electrons. The van der Waals surface area contributed by atoms with Crippen molar-refractivity contribution in [2.75, 3.05) is 0 Å². The fraction of sp³-hybridized carbons (Fsp3) is 0.308. The molecule has 0 saturated heterocycles. The SMILES string of the molecule is CCc1cc(=O)[nH]c(-c2ncc(C)cc2C)n1. The lowest BCUT2D eigenvalue weighted by Crippen LogP contribution is -2.11. The first-order valence-electron chi connectivity index (χ1n) is 5.64. The van der Waals surface area contributed by atoms with Crippen LogP contribution in [0.25, 0.3) is 11.5 Å². The third-order valence-corrected chi connectivity index (χ3v) is 2.60. The molecular formula is C13H15N3O. The molecule has 0 saturated carbocycles. The molecule has 0 bridgehead atoms. The van der Waals surface area contributed by atoms with Crippen LogP contribution in [0.15, 0.2) is 23.1 Å². The number of pyridine rings is 1. The molecule has 1 N–H and O–H groups in total. The van der Waals surface area contributed by atoms with E-state index < -0.39 is 0 Å². The van der Waals surface area contributed by atoms with Gasteiger partial charge in [-0.05, 0) is 31.4 Å². The highest BCUT2D eigenvalue weighted by atomic mass is 16.1. The maximum Gasteiger partial charge on any atom is 0.251 e. The fourth-order valence-electron chi connectivity index (χ4n) is 1.76. The van der Waals surface area contributed by atoms with Crippen molar-refractivity contribution < 1.29 is 0 Å². The minimum absolute atomic E-state index is 0.131. The van der Waals surface area contributed by atoms with Gasteiger partial charge in [-0.2, -0.15) is 0 Å². The Bertz CT molecular complexity index is 602. The zero-order valence-electron chi connectivity index (χ0n) is 10.2. The first-order valence-corrected chi connectivity index (χ1v) is 5.64. The summed E-state index contributed by atoms with van der Waals surface area (Å²) in [7, 11) is 0. The van der Waals surface area contributed by atoms with Crippen molar-refractivity contribution in [3.05, 3.63) is 45.5 Å². The van der Waals surface area contributed by atoms with Gasteiger partial charge in [0.1, 0.15) is 5.69 Å². The molecule has 2 aromatic rings. The molecule has 0 unspecified atom stereocenters. The number of aromatic nitrogens is 3. The average Bonchev–Trinajstić information content (AvgIpc) is 2.28. The molecular weight excluding hydrogens is 214 g/mol. The van der Waals surface area contributed by atoms with Gasteiger partial charge in [0, 0.05) is 18.0 Å². The molecule has 0 aliphatic carbocycles. The summed E-state index contributed by atoms with van der Waals surface area (Å²) in [6.07, 6.45) is 2.52. The lowest BCUT2D eigenvalue weighted by atomic mass is 10.1. The first-order chi connectivity index (χ1) is 8.10. The number of nitrogens with one attached hydrogen (secondary N) is 1. The second kappa shape index (κ2) is 4.49. The average molecular weight is 229 g/mol. The lowest BCUT2D eigenvalue weighted by molar-refractivity contribution is 0.976. The Hall–Kier alpha value is -1.97. The molecule has 2 heterocycles. The highest BCUT2D eigenvalue weighted by Gasteiger charge is 2.07. The number of rotatable bonds is 2. The lowest BCUT2D eigenvalue weighted by Gasteiger charge is -2.06. The number of aryl methyl sites for hydroxylation is 3. The van der Waals surface area contributed by atoms with Crippen LogP contribution in [0.5, 0.6) is 0 Å². The normalized spacial score (nSPS) is 10.5. The van der Waals surface area contributed by atoms with E-state index in [1.54, 1.807) is 6.20 Å². The predicted octanol–water partition coefficient (Wildman–Crippen LogP) is 2.01. The van der Waals surface area contributed by atoms with Crippen molar-refractivity contribution in [2.45, 2.75) is 27.2 Å². The van der Waals surface area contributed by atoms with Crippen molar-refractivity contribution >= 4 is 0 Å². The first kappa shape index (κ1) is 11.5. The molecule has 4 heteroatoms. The van der Waals surface area contributed by atoms with E-state index in [9.17, 15) is 4.79 Å². The third kappa shape index (κ3) is 2.41. The second-order valence-electron chi connectivity index (χ2n) is 4.12. The van der Waals surface area contributed by atoms with Crippen molar-refractivity contribution in [1.82, 2.24) is 15.0 Å². The molecule has 88 valence electrons. The summed E-state index contributed by atoms with van der Waals surface area (Å²) in [5.74, 6) is 0.548. The standard InChI is InChI=1S/C13H15N3O/c1-4-10-6-11(17)16-13(15-10)12-9(3)5-8(2)7-14-12/h5-7H,4H2,1-3H3,(H,15,16,17). The summed E-state index contributed by atoms with van der Waals surface area (Å²) in [4.78, 5) is 23.0. The smallest absolute Gasteiger partial charge is 0.251 e. The van der Waals surface area contributed by atoms with Crippen LogP contribution in [0.4, 0.5) is 0 Å². The summed E-state index contributed by atoms with van der Waals surface area (Å²) >= 11 is 0. The van der Waals surface area contributed by atoms with Crippen LogP contribution >= 0.6 is 0 Å². The highest BCUT2D eigenvalue weighted by molar-refractivity contribution is 5.54. The van der Waals surface area contributed by atoms with Crippen LogP contribution in [0.1, 0.15) is 23.7 Å². The molecule has 0 aromatic carbocycles. The highest BCUT2D eigenvalue weighted by Crippen LogP contribution is 2.16. The molecule has 17 heavy (non-hydrogen) atoms. The monoisotopic (exact) mass is 229 g/mol. The van der Waals surface area contributed by atoms with Gasteiger partial charge in [0.25, 0.3) is 5.56 Å². The topological polar surface area (TPSA) is 58.6 Å². The Labute approximate surface area is 99.8 Å². The van der Waals surface area contributed by atoms with Crippen molar-refractivity contribution in [2.24, 2.45) is 0 Å². The van der Waals surface area contributed by atoms with Gasteiger partial charge in [-0.25, -0.2) is 4.98 Å². The summed E-state index contributed by atoms with van der Waals surface area (Å²) in [5.41, 5.74) is 3.50. The molecule has 2 rings (SSSR count). The van der Waals surface area contributed by atoms with Gasteiger partial charge in [0.2, 0.25) is 0 Å². The zero-order valence-corrected chi connectivity index (χ0v) is 10.2. The second-order valence-corrected chi connectivity index (χ2v) is 4.12. The van der Waals surface area contributed by atoms with Crippen molar-refractivity contribution in [3.8, 4) is 11.5 Å². The third-order valence-electron chi connectivity index (χ3n) is 2.60. The van der Waals surface area contributed by atoms with Crippen LogP contribution < -0.4 is 5.56 Å². The van der Waals surface area contributed by atoms with Gasteiger partial charge < -0.3 is 4.98 Å². The number of aromatic amines is 1. The van der Waals surface area contributed by atoms with Crippen LogP contribution in [0.2, 0.25) is 0 Å². The van der Waals surface area contributed by atoms with E-state index in [4.69, 9.17) is 0 Å². The van der Waals surface area contributed by atoms with E-state index >= 15 is 0 Å². The summed E-state index contributed by atoms with van der Waals surface area (Å²) in [6.45, 7) is 5.93. The quantitative estimate of drug-likeness (QED) is 0.857. The molecule has 0 fully saturated rings. The molecule has 0 atom stereocenters. The van der Waals surface area contributed by atoms with Gasteiger partial charge in [-0.3, -0.25) is 9.78 Å². The van der Waals surface area contributed by atoms with E-state index in [0.717, 1.165) is 28.9 Å². The van der Waals surface area contributed by atoms with E-state index in [1.807, 2.05) is 26.8 Å². The van der Waals surface area contributed by atoms with Crippen molar-refractivity contribution in [1.29, 1.82) is 0 Å². The maximum absolute atomic E-state index is 11.5. The minimum Gasteiger partial charge on any atom is -0.305 e. The van der Waals surface area contributed by atoms with E-state index in [1.165, 1.54) is 6.07 Å². The van der Waals surface area contributed by atoms with Crippen LogP contribution in [-0.2, 0) is 6.42 Å². The number of hydrogen-bond donors (Lipinski definition) is 1. The zero-order chi connectivity index (χ0) is 12.4. The maximum atomic E-state index is 11.5. The van der Waals surface area contributed by atoms with Gasteiger partial charge in [0.05, 0.1) is 0 Å². The molecule has 0 spiro atoms. The molecule has 0 aliphatic heterocycles. The Balaban J connectivity index is 2.60. The Kier molecular flexibility index (Phi) is 3.04. The minimum atomic E-state index is -0.131. The van der Waals surface area contributed by atoms with Crippen LogP contribution in [0.3, 0.4) is 0 Å². The Morgan fingerprint density at radius 2 is 2.06 bits per heavy atom. The molecule has 4 nitrogen and oxygen atoms in total. The summed E-state index contributed by atoms with van der Waals surface area (Å²) in [5, 5.41) is 0. The summed E-state index contributed by atoms with van der Waals surface area (Å²) in [6, 6.07) is 3.55. The molecule has 0 amide bonds. The van der Waals surface area contributed by atoms with Gasteiger partial charge in [-0.15, -0.1) is 0 Å². The Morgan fingerprint density at radius 3 is 2.71 bits per heavy atom. The van der Waals surface area contributed by atoms with E-state index in [0.29, 0.717) is 5.82 Å². The summed E-state index contributed by atoms with van der Waals surface area (Å²) < 4.78 is 0. The fourth-order valence-corrected chi connectivity index (χ4v) is 1.76. The van der Waals surface area contributed by atoms with E-state index in [-0.39, 0.29) is 5.56 Å². The number of nitrogens with zero attached hydrogens (tertiary/aromatic N) is 2. The molecule has 2 aromatic heterocycles. The van der Waals surface area contributed by atoms with Gasteiger partial charge in [0.15, 0.2) is 5.82 Å². The van der Waals surface area contributed by atoms with Gasteiger partial charge in [-0.1, -0.05) is 13.0 Å². The van der Waals surface area contributed by atoms with Crippen LogP contribution in [0, 0.1) is 13.8 Å². The Morgan fingerprint density at radius 1 is 1.29 bits per heavy atom. The largest absolute Gasteiger partial charge is 0.305 e. The van der Waals surface area contributed by atoms with E-state index in [2.05, 4.69) is 15.0 Å². The molecule has 0 aliphatic rings. The van der Waals surface area contributed by atoms with Gasteiger partial charge >= 0.3 is 0 Å².